The number of ether oxygens (including phenoxy) is 3. The van der Waals surface area contributed by atoms with Crippen molar-refractivity contribution < 1.29 is 19.0 Å². The summed E-state index contributed by atoms with van der Waals surface area (Å²) in [4.78, 5) is 39.3. The number of methoxy groups -OCH3 is 3. The third-order valence-corrected chi connectivity index (χ3v) is 9.40. The van der Waals surface area contributed by atoms with Crippen LogP contribution in [-0.4, -0.2) is 54.8 Å². The number of thiazole rings is 1. The normalized spacial score (nSPS) is 14.7. The number of nitrogens with zero attached hydrogens (tertiary/aromatic N) is 3. The lowest BCUT2D eigenvalue weighted by molar-refractivity contribution is -0.127. The third kappa shape index (κ3) is 5.28. The number of amides is 1. The minimum absolute atomic E-state index is 0.175. The van der Waals surface area contributed by atoms with E-state index in [-0.39, 0.29) is 11.5 Å². The van der Waals surface area contributed by atoms with Gasteiger partial charge in [-0.25, -0.2) is 4.99 Å². The number of fused-ring (bicyclic) bond motifs is 2. The molecule has 0 radical (unpaired) electrons. The number of allylic oxidation sites excluding steroid dienone is 1. The van der Waals surface area contributed by atoms with E-state index in [1.165, 1.54) is 11.3 Å². The summed E-state index contributed by atoms with van der Waals surface area (Å²) in [6.45, 7) is 6.74. The number of H-pyrrole nitrogens is 1. The van der Waals surface area contributed by atoms with Crippen LogP contribution in [0.25, 0.3) is 28.2 Å². The van der Waals surface area contributed by atoms with Gasteiger partial charge in [0.2, 0.25) is 0 Å². The molecule has 1 N–H and O–H groups in total. The molecule has 3 aromatic carbocycles. The molecule has 0 fully saturated rings. The molecule has 9 nitrogen and oxygen atoms in total. The van der Waals surface area contributed by atoms with Crippen LogP contribution < -0.4 is 29.1 Å². The van der Waals surface area contributed by atoms with Gasteiger partial charge in [0.1, 0.15) is 23.3 Å². The Balaban J connectivity index is 1.65. The van der Waals surface area contributed by atoms with E-state index in [0.717, 1.165) is 27.7 Å². The highest BCUT2D eigenvalue weighted by Gasteiger charge is 2.36. The van der Waals surface area contributed by atoms with Gasteiger partial charge < -0.3 is 24.1 Å². The fourth-order valence-electron chi connectivity index (χ4n) is 6.06. The van der Waals surface area contributed by atoms with E-state index in [2.05, 4.69) is 4.98 Å². The lowest BCUT2D eigenvalue weighted by Gasteiger charge is -2.30. The summed E-state index contributed by atoms with van der Waals surface area (Å²) in [5.74, 6) is 1.66. The molecule has 2 aromatic heterocycles. The van der Waals surface area contributed by atoms with Gasteiger partial charge in [-0.05, 0) is 68.8 Å². The van der Waals surface area contributed by atoms with E-state index in [9.17, 15) is 9.59 Å². The first-order valence-corrected chi connectivity index (χ1v) is 15.9. The highest BCUT2D eigenvalue weighted by molar-refractivity contribution is 7.07. The van der Waals surface area contributed by atoms with Crippen LogP contribution in [0.5, 0.6) is 17.2 Å². The zero-order chi connectivity index (χ0) is 32.5. The molecular formula is C36H36N4O5S. The molecular weight excluding hydrogens is 600 g/mol. The Bertz CT molecular complexity index is 2160. The molecule has 6 rings (SSSR count). The quantitative estimate of drug-likeness (QED) is 0.238. The van der Waals surface area contributed by atoms with Crippen molar-refractivity contribution in [2.45, 2.75) is 26.8 Å². The SMILES string of the molecule is CCN(CC)C(=O)C1=C(C)N=c2s/c(=C/c3c(-c4ccccc4)[nH]c4ccc(OC)cc34)c(=O)n2[C@H]1c1cc(OC)ccc1OC. The zero-order valence-electron chi connectivity index (χ0n) is 26.7. The second-order valence-electron chi connectivity index (χ2n) is 10.9. The molecule has 10 heteroatoms. The third-order valence-electron chi connectivity index (χ3n) is 8.42. The second-order valence-corrected chi connectivity index (χ2v) is 11.9. The maximum Gasteiger partial charge on any atom is 0.271 e. The van der Waals surface area contributed by atoms with E-state index in [0.29, 0.717) is 56.5 Å². The maximum atomic E-state index is 14.6. The fourth-order valence-corrected chi connectivity index (χ4v) is 7.08. The topological polar surface area (TPSA) is 98.2 Å². The van der Waals surface area contributed by atoms with Gasteiger partial charge >= 0.3 is 0 Å². The Morgan fingerprint density at radius 1 is 0.978 bits per heavy atom. The minimum atomic E-state index is -0.784. The van der Waals surface area contributed by atoms with Crippen molar-refractivity contribution in [3.8, 4) is 28.5 Å². The standard InChI is InChI=1S/C36H36N4O5S/c1-7-39(8-2)35(42)31-21(3)37-36-40(33(31)27-19-24(44-5)15-17-29(27)45-6)34(41)30(46-36)20-26-25-18-23(43-4)14-16-28(25)38-32(26)22-12-10-9-11-13-22/h9-20,33,38H,7-8H2,1-6H3/b30-20+/t33-/m0/s1. The Labute approximate surface area is 270 Å². The Morgan fingerprint density at radius 3 is 2.35 bits per heavy atom. The highest BCUT2D eigenvalue weighted by atomic mass is 32.1. The largest absolute Gasteiger partial charge is 0.497 e. The molecule has 1 atom stereocenters. The van der Waals surface area contributed by atoms with Crippen LogP contribution in [0.1, 0.15) is 37.9 Å². The van der Waals surface area contributed by atoms with Crippen LogP contribution in [-0.2, 0) is 4.79 Å². The van der Waals surface area contributed by atoms with E-state index >= 15 is 0 Å². The van der Waals surface area contributed by atoms with Crippen molar-refractivity contribution in [1.29, 1.82) is 0 Å². The second kappa shape index (κ2) is 12.7. The van der Waals surface area contributed by atoms with Crippen molar-refractivity contribution in [3.63, 3.8) is 0 Å². The number of nitrogens with one attached hydrogen (secondary N) is 1. The Hall–Kier alpha value is -5.09. The summed E-state index contributed by atoms with van der Waals surface area (Å²) in [6.07, 6.45) is 1.91. The molecule has 0 spiro atoms. The number of rotatable bonds is 9. The van der Waals surface area contributed by atoms with E-state index < -0.39 is 6.04 Å². The first kappa shape index (κ1) is 30.9. The first-order chi connectivity index (χ1) is 22.3. The van der Waals surface area contributed by atoms with Crippen LogP contribution in [0.2, 0.25) is 0 Å². The number of hydrogen-bond acceptors (Lipinski definition) is 7. The Kier molecular flexibility index (Phi) is 8.55. The predicted molar refractivity (Wildman–Crippen MR) is 182 cm³/mol. The smallest absolute Gasteiger partial charge is 0.271 e. The van der Waals surface area contributed by atoms with Crippen molar-refractivity contribution in [1.82, 2.24) is 14.5 Å². The number of benzene rings is 3. The van der Waals surface area contributed by atoms with Gasteiger partial charge in [0.05, 0.1) is 42.8 Å². The van der Waals surface area contributed by atoms with Crippen LogP contribution >= 0.6 is 11.3 Å². The molecule has 5 aromatic rings. The van der Waals surface area contributed by atoms with Crippen molar-refractivity contribution >= 4 is 34.2 Å². The van der Waals surface area contributed by atoms with Gasteiger partial charge in [-0.15, -0.1) is 0 Å². The van der Waals surface area contributed by atoms with Crippen LogP contribution in [0.15, 0.2) is 87.8 Å². The minimum Gasteiger partial charge on any atom is -0.497 e. The van der Waals surface area contributed by atoms with Crippen LogP contribution in [0.4, 0.5) is 0 Å². The van der Waals surface area contributed by atoms with E-state index in [1.54, 1.807) is 42.9 Å². The van der Waals surface area contributed by atoms with Crippen LogP contribution in [0.3, 0.4) is 0 Å². The molecule has 0 bridgehead atoms. The molecule has 1 amide bonds. The van der Waals surface area contributed by atoms with Crippen molar-refractivity contribution in [3.05, 3.63) is 109 Å². The van der Waals surface area contributed by atoms with Gasteiger partial charge in [-0.2, -0.15) is 0 Å². The summed E-state index contributed by atoms with van der Waals surface area (Å²) in [6, 6.07) is 20.5. The molecule has 46 heavy (non-hydrogen) atoms. The van der Waals surface area contributed by atoms with Gasteiger partial charge in [0.25, 0.3) is 11.5 Å². The molecule has 1 aliphatic heterocycles. The predicted octanol–water partition coefficient (Wildman–Crippen LogP) is 5.28. The number of aromatic amines is 1. The average molecular weight is 637 g/mol. The van der Waals surface area contributed by atoms with Crippen molar-refractivity contribution in [2.75, 3.05) is 34.4 Å². The number of carbonyl (C=O) groups is 1. The number of likely N-dealkylation sites (N-methyl/N-ethyl adjacent to an activating group) is 1. The number of carbonyl (C=O) groups excluding carboxylic acids is 1. The maximum absolute atomic E-state index is 14.6. The molecule has 0 saturated heterocycles. The molecule has 0 aliphatic carbocycles. The average Bonchev–Trinajstić information content (AvgIpc) is 3.60. The first-order valence-electron chi connectivity index (χ1n) is 15.1. The molecule has 0 unspecified atom stereocenters. The summed E-state index contributed by atoms with van der Waals surface area (Å²) in [5.41, 5.74) is 5.01. The highest BCUT2D eigenvalue weighted by Crippen LogP contribution is 2.38. The monoisotopic (exact) mass is 636 g/mol. The van der Waals surface area contributed by atoms with Crippen LogP contribution in [0, 0.1) is 0 Å². The lowest BCUT2D eigenvalue weighted by atomic mass is 9.93. The number of hydrogen-bond donors (Lipinski definition) is 1. The number of aromatic nitrogens is 2. The summed E-state index contributed by atoms with van der Waals surface area (Å²) < 4.78 is 19.0. The van der Waals surface area contributed by atoms with E-state index in [4.69, 9.17) is 19.2 Å². The summed E-state index contributed by atoms with van der Waals surface area (Å²) in [5, 5.41) is 0.920. The van der Waals surface area contributed by atoms with Gasteiger partial charge in [0.15, 0.2) is 4.80 Å². The van der Waals surface area contributed by atoms with Gasteiger partial charge in [-0.1, -0.05) is 41.7 Å². The lowest BCUT2D eigenvalue weighted by Crippen LogP contribution is -2.43. The van der Waals surface area contributed by atoms with E-state index in [1.807, 2.05) is 81.4 Å². The Morgan fingerprint density at radius 2 is 1.67 bits per heavy atom. The van der Waals surface area contributed by atoms with Gasteiger partial charge in [-0.3, -0.25) is 14.2 Å². The summed E-state index contributed by atoms with van der Waals surface area (Å²) >= 11 is 1.29. The molecule has 0 saturated carbocycles. The molecule has 236 valence electrons. The fraction of sp³-hybridized carbons (Fsp3) is 0.250. The molecule has 1 aliphatic rings. The van der Waals surface area contributed by atoms with Crippen molar-refractivity contribution in [2.24, 2.45) is 4.99 Å². The zero-order valence-corrected chi connectivity index (χ0v) is 27.5. The molecule has 3 heterocycles. The van der Waals surface area contributed by atoms with Gasteiger partial charge in [0, 0.05) is 35.1 Å². The summed E-state index contributed by atoms with van der Waals surface area (Å²) in [7, 11) is 4.80.